The monoisotopic (exact) mass is 281 g/mol. The van der Waals surface area contributed by atoms with Gasteiger partial charge < -0.3 is 30.1 Å². The normalized spacial score (nSPS) is 36.8. The molecule has 1 rings (SSSR count). The van der Waals surface area contributed by atoms with Gasteiger partial charge in [0.05, 0.1) is 12.1 Å². The standard InChI is InChI=1S/C11H20FNO6/c1-5-8(13-10(17)6(15)3-4-14)7(12)9(16)11(18-2)19-5/h5-9,11,14-16H,3-4H2,1-2H3,(H,13,17)/t5-,6-,7+,8-,9+,11+/m1/s1. The Labute approximate surface area is 110 Å². The minimum atomic E-state index is -1.78. The summed E-state index contributed by atoms with van der Waals surface area (Å²) in [6.45, 7) is 1.16. The molecule has 4 N–H and O–H groups in total. The number of carbonyl (C=O) groups excluding carboxylic acids is 1. The molecule has 0 radical (unpaired) electrons. The van der Waals surface area contributed by atoms with Crippen molar-refractivity contribution >= 4 is 5.91 Å². The van der Waals surface area contributed by atoms with E-state index in [-0.39, 0.29) is 13.0 Å². The Morgan fingerprint density at radius 1 is 1.58 bits per heavy atom. The number of carbonyl (C=O) groups is 1. The highest BCUT2D eigenvalue weighted by Gasteiger charge is 2.45. The van der Waals surface area contributed by atoms with Gasteiger partial charge in [-0.1, -0.05) is 0 Å². The van der Waals surface area contributed by atoms with E-state index in [0.717, 1.165) is 0 Å². The first-order chi connectivity index (χ1) is 8.92. The number of rotatable bonds is 5. The van der Waals surface area contributed by atoms with Crippen molar-refractivity contribution in [3.63, 3.8) is 0 Å². The molecule has 0 aromatic carbocycles. The van der Waals surface area contributed by atoms with Crippen LogP contribution in [0.25, 0.3) is 0 Å². The molecule has 8 heteroatoms. The topological polar surface area (TPSA) is 108 Å². The number of aliphatic hydroxyl groups is 3. The second-order valence-corrected chi connectivity index (χ2v) is 4.44. The fourth-order valence-electron chi connectivity index (χ4n) is 1.90. The van der Waals surface area contributed by atoms with E-state index in [0.29, 0.717) is 0 Å². The molecule has 19 heavy (non-hydrogen) atoms. The molecule has 0 saturated carbocycles. The zero-order valence-corrected chi connectivity index (χ0v) is 10.8. The molecule has 1 heterocycles. The van der Waals surface area contributed by atoms with Crippen LogP contribution in [0.5, 0.6) is 0 Å². The third kappa shape index (κ3) is 3.83. The molecule has 1 fully saturated rings. The lowest BCUT2D eigenvalue weighted by molar-refractivity contribution is -0.252. The van der Waals surface area contributed by atoms with Crippen molar-refractivity contribution < 1.29 is 34.0 Å². The van der Waals surface area contributed by atoms with Crippen LogP contribution in [-0.2, 0) is 14.3 Å². The quantitative estimate of drug-likeness (QED) is 0.478. The minimum absolute atomic E-state index is 0.145. The SMILES string of the molecule is CO[C@H]1O[C@H](C)[C@@H](NC(=O)[C@H](O)CCO)[C@H](F)[C@@H]1O. The maximum absolute atomic E-state index is 14.0. The van der Waals surface area contributed by atoms with Gasteiger partial charge in [0, 0.05) is 20.1 Å². The fourth-order valence-corrected chi connectivity index (χ4v) is 1.90. The maximum Gasteiger partial charge on any atom is 0.249 e. The summed E-state index contributed by atoms with van der Waals surface area (Å²) in [5.41, 5.74) is 0. The van der Waals surface area contributed by atoms with Crippen molar-refractivity contribution in [3.05, 3.63) is 0 Å². The summed E-state index contributed by atoms with van der Waals surface area (Å²) >= 11 is 0. The summed E-state index contributed by atoms with van der Waals surface area (Å²) in [5, 5.41) is 29.8. The highest BCUT2D eigenvalue weighted by Crippen LogP contribution is 2.23. The average molecular weight is 281 g/mol. The first kappa shape index (κ1) is 16.3. The summed E-state index contributed by atoms with van der Waals surface area (Å²) in [4.78, 5) is 11.5. The predicted molar refractivity (Wildman–Crippen MR) is 61.9 cm³/mol. The highest BCUT2D eigenvalue weighted by atomic mass is 19.1. The molecule has 1 aliphatic rings. The Morgan fingerprint density at radius 2 is 2.21 bits per heavy atom. The van der Waals surface area contributed by atoms with E-state index < -0.39 is 42.7 Å². The van der Waals surface area contributed by atoms with E-state index in [9.17, 15) is 19.4 Å². The number of methoxy groups -OCH3 is 1. The Kier molecular flexibility index (Phi) is 6.08. The minimum Gasteiger partial charge on any atom is -0.396 e. The van der Waals surface area contributed by atoms with Gasteiger partial charge in [0.25, 0.3) is 0 Å². The van der Waals surface area contributed by atoms with Crippen molar-refractivity contribution in [1.29, 1.82) is 0 Å². The molecule has 1 saturated heterocycles. The van der Waals surface area contributed by atoms with Crippen LogP contribution in [0.15, 0.2) is 0 Å². The molecular weight excluding hydrogens is 261 g/mol. The lowest BCUT2D eigenvalue weighted by atomic mass is 9.98. The number of halogens is 1. The van der Waals surface area contributed by atoms with E-state index in [2.05, 4.69) is 5.32 Å². The van der Waals surface area contributed by atoms with Gasteiger partial charge in [0.15, 0.2) is 12.5 Å². The van der Waals surface area contributed by atoms with Crippen molar-refractivity contribution in [1.82, 2.24) is 5.32 Å². The Morgan fingerprint density at radius 3 is 2.74 bits per heavy atom. The first-order valence-electron chi connectivity index (χ1n) is 6.02. The maximum atomic E-state index is 14.0. The molecule has 0 aromatic rings. The number of alkyl halides is 1. The van der Waals surface area contributed by atoms with E-state index in [1.807, 2.05) is 0 Å². The van der Waals surface area contributed by atoms with Crippen LogP contribution in [-0.4, -0.2) is 71.8 Å². The number of hydrogen-bond donors (Lipinski definition) is 4. The molecule has 0 bridgehead atoms. The van der Waals surface area contributed by atoms with Gasteiger partial charge >= 0.3 is 0 Å². The zero-order chi connectivity index (χ0) is 14.6. The van der Waals surface area contributed by atoms with Crippen LogP contribution in [0.4, 0.5) is 4.39 Å². The van der Waals surface area contributed by atoms with Crippen LogP contribution in [0.2, 0.25) is 0 Å². The Balaban J connectivity index is 2.64. The smallest absolute Gasteiger partial charge is 0.249 e. The number of ether oxygens (including phenoxy) is 2. The van der Waals surface area contributed by atoms with Gasteiger partial charge in [-0.3, -0.25) is 4.79 Å². The van der Waals surface area contributed by atoms with Crippen molar-refractivity contribution in [3.8, 4) is 0 Å². The summed E-state index contributed by atoms with van der Waals surface area (Å²) in [7, 11) is 1.28. The molecule has 0 spiro atoms. The largest absolute Gasteiger partial charge is 0.396 e. The lowest BCUT2D eigenvalue weighted by Crippen LogP contribution is -2.62. The predicted octanol–water partition coefficient (Wildman–Crippen LogP) is -1.70. The number of nitrogens with one attached hydrogen (secondary N) is 1. The van der Waals surface area contributed by atoms with Gasteiger partial charge in [0.1, 0.15) is 12.2 Å². The van der Waals surface area contributed by atoms with E-state index in [1.54, 1.807) is 0 Å². The molecule has 1 amide bonds. The number of aliphatic hydroxyl groups excluding tert-OH is 3. The summed E-state index contributed by atoms with van der Waals surface area (Å²) in [5.74, 6) is -0.819. The fraction of sp³-hybridized carbons (Fsp3) is 0.909. The van der Waals surface area contributed by atoms with Gasteiger partial charge in [-0.15, -0.1) is 0 Å². The molecule has 1 aliphatic heterocycles. The van der Waals surface area contributed by atoms with E-state index >= 15 is 0 Å². The third-order valence-electron chi connectivity index (χ3n) is 3.05. The van der Waals surface area contributed by atoms with Gasteiger partial charge in [-0.25, -0.2) is 4.39 Å². The summed E-state index contributed by atoms with van der Waals surface area (Å²) < 4.78 is 24.0. The number of amides is 1. The average Bonchev–Trinajstić information content (AvgIpc) is 2.38. The second kappa shape index (κ2) is 7.11. The Bertz CT molecular complexity index is 305. The molecule has 6 atom stereocenters. The molecule has 112 valence electrons. The third-order valence-corrected chi connectivity index (χ3v) is 3.05. The second-order valence-electron chi connectivity index (χ2n) is 4.44. The van der Waals surface area contributed by atoms with Crippen molar-refractivity contribution in [2.24, 2.45) is 0 Å². The summed E-state index contributed by atoms with van der Waals surface area (Å²) in [6.07, 6.45) is -6.70. The van der Waals surface area contributed by atoms with Gasteiger partial charge in [-0.2, -0.15) is 0 Å². The zero-order valence-electron chi connectivity index (χ0n) is 10.8. The van der Waals surface area contributed by atoms with Crippen LogP contribution in [0, 0.1) is 0 Å². The number of hydrogen-bond acceptors (Lipinski definition) is 6. The molecule has 0 aromatic heterocycles. The van der Waals surface area contributed by atoms with Gasteiger partial charge in [-0.05, 0) is 6.92 Å². The van der Waals surface area contributed by atoms with Gasteiger partial charge in [0.2, 0.25) is 5.91 Å². The lowest BCUT2D eigenvalue weighted by Gasteiger charge is -2.40. The van der Waals surface area contributed by atoms with Crippen LogP contribution in [0.1, 0.15) is 13.3 Å². The van der Waals surface area contributed by atoms with E-state index in [4.69, 9.17) is 14.6 Å². The van der Waals surface area contributed by atoms with Crippen LogP contribution < -0.4 is 5.32 Å². The molecule has 0 unspecified atom stereocenters. The van der Waals surface area contributed by atoms with Crippen molar-refractivity contribution in [2.75, 3.05) is 13.7 Å². The van der Waals surface area contributed by atoms with E-state index in [1.165, 1.54) is 14.0 Å². The molecular formula is C11H20FNO6. The molecule has 7 nitrogen and oxygen atoms in total. The summed E-state index contributed by atoms with van der Waals surface area (Å²) in [6, 6.07) is -1.10. The van der Waals surface area contributed by atoms with Crippen LogP contribution >= 0.6 is 0 Å². The Hall–Kier alpha value is -0.800. The highest BCUT2D eigenvalue weighted by molar-refractivity contribution is 5.80. The first-order valence-corrected chi connectivity index (χ1v) is 6.02. The van der Waals surface area contributed by atoms with Crippen molar-refractivity contribution in [2.45, 2.75) is 50.2 Å². The molecule has 0 aliphatic carbocycles. The van der Waals surface area contributed by atoms with Crippen LogP contribution in [0.3, 0.4) is 0 Å².